The molecule has 5 heteroatoms. The molecule has 2 rings (SSSR count). The van der Waals surface area contributed by atoms with E-state index in [0.717, 1.165) is 0 Å². The average Bonchev–Trinajstić information content (AvgIpc) is 2.42. The summed E-state index contributed by atoms with van der Waals surface area (Å²) in [5.74, 6) is -0.725. The first kappa shape index (κ1) is 9.51. The van der Waals surface area contributed by atoms with Crippen LogP contribution in [0.2, 0.25) is 0 Å². The molecule has 1 atom stereocenters. The molecule has 1 heterocycles. The van der Waals surface area contributed by atoms with E-state index < -0.39 is 5.91 Å². The van der Waals surface area contributed by atoms with Gasteiger partial charge in [-0.2, -0.15) is 0 Å². The second kappa shape index (κ2) is 3.27. The van der Waals surface area contributed by atoms with Crippen LogP contribution in [0.5, 0.6) is 5.75 Å². The SMILES string of the molecule is NC(=O)CC1NC(=O)c2cc(O)ccc21. The van der Waals surface area contributed by atoms with Gasteiger partial charge in [0.25, 0.3) is 5.91 Å². The molecule has 4 N–H and O–H groups in total. The minimum Gasteiger partial charge on any atom is -0.508 e. The average molecular weight is 206 g/mol. The molecule has 0 saturated carbocycles. The van der Waals surface area contributed by atoms with E-state index in [4.69, 9.17) is 5.73 Å². The van der Waals surface area contributed by atoms with Crippen molar-refractivity contribution in [2.45, 2.75) is 12.5 Å². The maximum absolute atomic E-state index is 11.4. The number of carbonyl (C=O) groups excluding carboxylic acids is 2. The Hall–Kier alpha value is -2.04. The zero-order valence-corrected chi connectivity index (χ0v) is 7.86. The van der Waals surface area contributed by atoms with E-state index in [1.165, 1.54) is 12.1 Å². The summed E-state index contributed by atoms with van der Waals surface area (Å²) >= 11 is 0. The molecule has 1 aromatic rings. The molecule has 78 valence electrons. The summed E-state index contributed by atoms with van der Waals surface area (Å²) in [5.41, 5.74) is 6.17. The van der Waals surface area contributed by atoms with Gasteiger partial charge in [-0.3, -0.25) is 9.59 Å². The number of carbonyl (C=O) groups is 2. The first-order chi connectivity index (χ1) is 7.08. The van der Waals surface area contributed by atoms with Gasteiger partial charge in [-0.25, -0.2) is 0 Å². The van der Waals surface area contributed by atoms with Crippen LogP contribution in [-0.4, -0.2) is 16.9 Å². The number of primary amides is 1. The maximum atomic E-state index is 11.4. The molecule has 1 unspecified atom stereocenters. The predicted octanol–water partition coefficient (Wildman–Crippen LogP) is 0.0521. The van der Waals surface area contributed by atoms with E-state index in [9.17, 15) is 14.7 Å². The maximum Gasteiger partial charge on any atom is 0.252 e. The van der Waals surface area contributed by atoms with Crippen LogP contribution in [0.3, 0.4) is 0 Å². The van der Waals surface area contributed by atoms with E-state index in [-0.39, 0.29) is 24.1 Å². The Morgan fingerprint density at radius 1 is 1.53 bits per heavy atom. The van der Waals surface area contributed by atoms with Crippen molar-refractivity contribution in [3.05, 3.63) is 29.3 Å². The van der Waals surface area contributed by atoms with Gasteiger partial charge >= 0.3 is 0 Å². The van der Waals surface area contributed by atoms with E-state index in [2.05, 4.69) is 5.32 Å². The topological polar surface area (TPSA) is 92.4 Å². The van der Waals surface area contributed by atoms with Crippen molar-refractivity contribution in [1.29, 1.82) is 0 Å². The number of amides is 2. The Morgan fingerprint density at radius 3 is 2.93 bits per heavy atom. The highest BCUT2D eigenvalue weighted by Crippen LogP contribution is 2.29. The second-order valence-electron chi connectivity index (χ2n) is 3.47. The number of nitrogens with one attached hydrogen (secondary N) is 1. The van der Waals surface area contributed by atoms with Crippen LogP contribution in [0.15, 0.2) is 18.2 Å². The van der Waals surface area contributed by atoms with Crippen molar-refractivity contribution in [2.24, 2.45) is 5.73 Å². The van der Waals surface area contributed by atoms with Crippen molar-refractivity contribution in [3.8, 4) is 5.75 Å². The molecule has 1 aliphatic heterocycles. The quantitative estimate of drug-likeness (QED) is 0.638. The molecular formula is C10H10N2O3. The van der Waals surface area contributed by atoms with Crippen LogP contribution >= 0.6 is 0 Å². The summed E-state index contributed by atoms with van der Waals surface area (Å²) in [7, 11) is 0. The highest BCUT2D eigenvalue weighted by atomic mass is 16.3. The fraction of sp³-hybridized carbons (Fsp3) is 0.200. The van der Waals surface area contributed by atoms with Gasteiger partial charge in [0.05, 0.1) is 12.5 Å². The molecule has 0 saturated heterocycles. The number of benzene rings is 1. The zero-order valence-electron chi connectivity index (χ0n) is 7.86. The highest BCUT2D eigenvalue weighted by Gasteiger charge is 2.29. The monoisotopic (exact) mass is 206 g/mol. The Labute approximate surface area is 85.9 Å². The van der Waals surface area contributed by atoms with Crippen molar-refractivity contribution >= 4 is 11.8 Å². The molecule has 0 bridgehead atoms. The van der Waals surface area contributed by atoms with E-state index in [0.29, 0.717) is 11.1 Å². The summed E-state index contributed by atoms with van der Waals surface area (Å²) in [4.78, 5) is 22.2. The van der Waals surface area contributed by atoms with Gasteiger partial charge < -0.3 is 16.2 Å². The third-order valence-electron chi connectivity index (χ3n) is 2.37. The third-order valence-corrected chi connectivity index (χ3v) is 2.37. The summed E-state index contributed by atoms with van der Waals surface area (Å²) < 4.78 is 0. The van der Waals surface area contributed by atoms with Crippen LogP contribution in [0.25, 0.3) is 0 Å². The van der Waals surface area contributed by atoms with Gasteiger partial charge in [0.2, 0.25) is 5.91 Å². The van der Waals surface area contributed by atoms with Gasteiger partial charge in [0.1, 0.15) is 5.75 Å². The van der Waals surface area contributed by atoms with Gasteiger partial charge in [-0.15, -0.1) is 0 Å². The molecule has 0 spiro atoms. The molecule has 0 aromatic heterocycles. The van der Waals surface area contributed by atoms with E-state index >= 15 is 0 Å². The fourth-order valence-electron chi connectivity index (χ4n) is 1.72. The standard InChI is InChI=1S/C10H10N2O3/c11-9(14)4-8-6-2-1-5(13)3-7(6)10(15)12-8/h1-3,8,13H,4H2,(H2,11,14)(H,12,15). The number of phenols is 1. The summed E-state index contributed by atoms with van der Waals surface area (Å²) in [6.45, 7) is 0. The zero-order chi connectivity index (χ0) is 11.0. The summed E-state index contributed by atoms with van der Waals surface area (Å²) in [6.07, 6.45) is 0.0729. The number of nitrogens with two attached hydrogens (primary N) is 1. The van der Waals surface area contributed by atoms with Crippen molar-refractivity contribution in [1.82, 2.24) is 5.32 Å². The molecule has 2 amide bonds. The lowest BCUT2D eigenvalue weighted by molar-refractivity contribution is -0.118. The minimum atomic E-state index is -0.471. The molecular weight excluding hydrogens is 196 g/mol. The molecule has 1 aromatic carbocycles. The van der Waals surface area contributed by atoms with E-state index in [1.807, 2.05) is 0 Å². The molecule has 0 aliphatic carbocycles. The number of fused-ring (bicyclic) bond motifs is 1. The number of hydrogen-bond donors (Lipinski definition) is 3. The van der Waals surface area contributed by atoms with Gasteiger partial charge in [-0.05, 0) is 17.7 Å². The molecule has 15 heavy (non-hydrogen) atoms. The lowest BCUT2D eigenvalue weighted by atomic mass is 10.0. The first-order valence-corrected chi connectivity index (χ1v) is 4.50. The number of hydrogen-bond acceptors (Lipinski definition) is 3. The van der Waals surface area contributed by atoms with Crippen LogP contribution in [-0.2, 0) is 4.79 Å². The lowest BCUT2D eigenvalue weighted by Gasteiger charge is -2.08. The molecule has 0 fully saturated rings. The molecule has 0 radical (unpaired) electrons. The summed E-state index contributed by atoms with van der Waals surface area (Å²) in [5, 5.41) is 11.8. The Kier molecular flexibility index (Phi) is 2.07. The summed E-state index contributed by atoms with van der Waals surface area (Å²) in [6, 6.07) is 4.11. The van der Waals surface area contributed by atoms with Gasteiger partial charge in [0.15, 0.2) is 0 Å². The largest absolute Gasteiger partial charge is 0.508 e. The lowest BCUT2D eigenvalue weighted by Crippen LogP contribution is -2.24. The highest BCUT2D eigenvalue weighted by molar-refractivity contribution is 6.00. The molecule has 1 aliphatic rings. The Morgan fingerprint density at radius 2 is 2.27 bits per heavy atom. The minimum absolute atomic E-state index is 0.0311. The van der Waals surface area contributed by atoms with Crippen LogP contribution in [0.4, 0.5) is 0 Å². The van der Waals surface area contributed by atoms with Gasteiger partial charge in [0, 0.05) is 5.56 Å². The fourth-order valence-corrected chi connectivity index (χ4v) is 1.72. The van der Waals surface area contributed by atoms with Crippen LogP contribution in [0.1, 0.15) is 28.4 Å². The first-order valence-electron chi connectivity index (χ1n) is 4.50. The smallest absolute Gasteiger partial charge is 0.252 e. The van der Waals surface area contributed by atoms with Crippen molar-refractivity contribution in [3.63, 3.8) is 0 Å². The van der Waals surface area contributed by atoms with E-state index in [1.54, 1.807) is 6.07 Å². The third kappa shape index (κ3) is 1.63. The number of rotatable bonds is 2. The van der Waals surface area contributed by atoms with Crippen LogP contribution in [0, 0.1) is 0 Å². The number of aromatic hydroxyl groups is 1. The van der Waals surface area contributed by atoms with Crippen LogP contribution < -0.4 is 11.1 Å². The molecule has 5 nitrogen and oxygen atoms in total. The number of phenolic OH excluding ortho intramolecular Hbond substituents is 1. The second-order valence-corrected chi connectivity index (χ2v) is 3.47. The van der Waals surface area contributed by atoms with Crippen molar-refractivity contribution < 1.29 is 14.7 Å². The Bertz CT molecular complexity index is 442. The Balaban J connectivity index is 2.38. The normalized spacial score (nSPS) is 18.4. The van der Waals surface area contributed by atoms with Gasteiger partial charge in [-0.1, -0.05) is 6.07 Å². The van der Waals surface area contributed by atoms with Crippen molar-refractivity contribution in [2.75, 3.05) is 0 Å². The predicted molar refractivity (Wildman–Crippen MR) is 52.1 cm³/mol.